The molecule has 0 saturated carbocycles. The number of aryl methyl sites for hydroxylation is 1. The van der Waals surface area contributed by atoms with Crippen molar-refractivity contribution in [3.05, 3.63) is 46.6 Å². The number of carbonyl (C=O) groups excluding carboxylic acids is 1. The average Bonchev–Trinajstić information content (AvgIpc) is 3.10. The van der Waals surface area contributed by atoms with Crippen molar-refractivity contribution in [1.82, 2.24) is 0 Å². The zero-order valence-electron chi connectivity index (χ0n) is 21.3. The number of hydrogen-bond donors (Lipinski definition) is 2. The minimum absolute atomic E-state index is 0.0111. The summed E-state index contributed by atoms with van der Waals surface area (Å²) in [5.74, 6) is -1.68. The third-order valence-electron chi connectivity index (χ3n) is 6.83. The number of esters is 1. The Morgan fingerprint density at radius 3 is 2.65 bits per heavy atom. The van der Waals surface area contributed by atoms with E-state index in [9.17, 15) is 15.0 Å². The summed E-state index contributed by atoms with van der Waals surface area (Å²) in [6.45, 7) is 14.3. The summed E-state index contributed by atoms with van der Waals surface area (Å²) in [6.07, 6.45) is 6.97. The Morgan fingerprint density at radius 2 is 2.03 bits per heavy atom. The van der Waals surface area contributed by atoms with Gasteiger partial charge in [0.25, 0.3) is 0 Å². The quantitative estimate of drug-likeness (QED) is 0.255. The largest absolute Gasteiger partial charge is 0.507 e. The number of phenolic OH excluding ortho intramolecular Hbond substituents is 2. The van der Waals surface area contributed by atoms with Crippen LogP contribution < -0.4 is 0 Å². The molecule has 3 atom stereocenters. The highest BCUT2D eigenvalue weighted by Gasteiger charge is 2.36. The predicted molar refractivity (Wildman–Crippen MR) is 132 cm³/mol. The van der Waals surface area contributed by atoms with Gasteiger partial charge in [-0.25, -0.2) is 4.79 Å². The molecule has 1 aliphatic carbocycles. The van der Waals surface area contributed by atoms with Gasteiger partial charge in [0, 0.05) is 11.5 Å². The van der Waals surface area contributed by atoms with Gasteiger partial charge in [0.1, 0.15) is 29.8 Å². The molecule has 6 heteroatoms. The minimum Gasteiger partial charge on any atom is -0.507 e. The number of phenols is 2. The first-order chi connectivity index (χ1) is 16.0. The standard InChI is InChI=1S/C28H40O6/c1-7-8-9-10-19-14-23(29)25(22-13-18(4)11-12-21(22)17(2)3)26(30)24(19)27(31)32-15-20-16-33-28(5,6)34-20/h13-14,20-22,29-30H,2,7-12,15-16H2,1,3-6H3/t20?,21-,22-/m1/s1. The van der Waals surface area contributed by atoms with Crippen molar-refractivity contribution in [1.29, 1.82) is 0 Å². The van der Waals surface area contributed by atoms with E-state index in [2.05, 4.69) is 26.5 Å². The first-order valence-corrected chi connectivity index (χ1v) is 12.4. The number of hydrogen-bond acceptors (Lipinski definition) is 6. The van der Waals surface area contributed by atoms with E-state index in [-0.39, 0.29) is 41.6 Å². The number of benzene rings is 1. The van der Waals surface area contributed by atoms with Gasteiger partial charge in [-0.2, -0.15) is 0 Å². The molecule has 2 N–H and O–H groups in total. The van der Waals surface area contributed by atoms with E-state index in [0.29, 0.717) is 24.2 Å². The van der Waals surface area contributed by atoms with Gasteiger partial charge >= 0.3 is 5.97 Å². The van der Waals surface area contributed by atoms with Crippen LogP contribution in [0, 0.1) is 5.92 Å². The van der Waals surface area contributed by atoms with Crippen LogP contribution in [0.25, 0.3) is 0 Å². The molecule has 3 rings (SSSR count). The van der Waals surface area contributed by atoms with Crippen LogP contribution in [0.3, 0.4) is 0 Å². The molecule has 0 bridgehead atoms. The molecule has 2 aliphatic rings. The lowest BCUT2D eigenvalue weighted by molar-refractivity contribution is -0.142. The van der Waals surface area contributed by atoms with Gasteiger partial charge in [-0.15, -0.1) is 0 Å². The molecular weight excluding hydrogens is 432 g/mol. The minimum atomic E-state index is -0.709. The molecule has 6 nitrogen and oxygen atoms in total. The van der Waals surface area contributed by atoms with E-state index in [0.717, 1.165) is 37.7 Å². The van der Waals surface area contributed by atoms with Crippen molar-refractivity contribution in [2.75, 3.05) is 13.2 Å². The van der Waals surface area contributed by atoms with Gasteiger partial charge in [0.2, 0.25) is 0 Å². The molecule has 1 aromatic rings. The molecule has 1 saturated heterocycles. The lowest BCUT2D eigenvalue weighted by atomic mass is 9.73. The molecule has 1 unspecified atom stereocenters. The van der Waals surface area contributed by atoms with Gasteiger partial charge in [-0.3, -0.25) is 0 Å². The summed E-state index contributed by atoms with van der Waals surface area (Å²) in [5, 5.41) is 22.4. The smallest absolute Gasteiger partial charge is 0.342 e. The fourth-order valence-corrected chi connectivity index (χ4v) is 5.03. The van der Waals surface area contributed by atoms with Gasteiger partial charge in [-0.1, -0.05) is 43.6 Å². The summed E-state index contributed by atoms with van der Waals surface area (Å²) < 4.78 is 16.9. The zero-order valence-corrected chi connectivity index (χ0v) is 21.3. The molecule has 1 fully saturated rings. The maximum atomic E-state index is 13.3. The molecule has 0 radical (unpaired) electrons. The number of allylic oxidation sites excluding steroid dienone is 3. The SMILES string of the molecule is C=C(C)[C@H]1CCC(C)=C[C@H]1c1c(O)cc(CCCCC)c(C(=O)OCC2COC(C)(C)O2)c1O. The zero-order chi connectivity index (χ0) is 25.0. The van der Waals surface area contributed by atoms with Gasteiger partial charge in [0.05, 0.1) is 6.61 Å². The van der Waals surface area contributed by atoms with Crippen molar-refractivity contribution in [2.24, 2.45) is 5.92 Å². The van der Waals surface area contributed by atoms with Gasteiger partial charge < -0.3 is 24.4 Å². The molecule has 34 heavy (non-hydrogen) atoms. The number of rotatable bonds is 9. The third kappa shape index (κ3) is 6.02. The fraction of sp³-hybridized carbons (Fsp3) is 0.607. The van der Waals surface area contributed by atoms with Gasteiger partial charge in [0.15, 0.2) is 5.79 Å². The molecular formula is C28H40O6. The number of aromatic hydroxyl groups is 2. The third-order valence-corrected chi connectivity index (χ3v) is 6.83. The monoisotopic (exact) mass is 472 g/mol. The van der Waals surface area contributed by atoms with E-state index in [1.807, 2.05) is 20.8 Å². The maximum absolute atomic E-state index is 13.3. The first kappa shape index (κ1) is 26.3. The number of unbranched alkanes of at least 4 members (excludes halogenated alkanes) is 2. The highest BCUT2D eigenvalue weighted by molar-refractivity contribution is 5.95. The van der Waals surface area contributed by atoms with E-state index in [4.69, 9.17) is 14.2 Å². The van der Waals surface area contributed by atoms with E-state index >= 15 is 0 Å². The normalized spacial score (nSPS) is 24.0. The van der Waals surface area contributed by atoms with E-state index in [1.165, 1.54) is 5.57 Å². The Labute approximate surface area is 203 Å². The van der Waals surface area contributed by atoms with Crippen LogP contribution >= 0.6 is 0 Å². The van der Waals surface area contributed by atoms with Crippen LogP contribution in [0.2, 0.25) is 0 Å². The van der Waals surface area contributed by atoms with Gasteiger partial charge in [-0.05, 0) is 70.9 Å². The van der Waals surface area contributed by atoms with E-state index < -0.39 is 11.8 Å². The van der Waals surface area contributed by atoms with Crippen LogP contribution in [0.15, 0.2) is 29.9 Å². The van der Waals surface area contributed by atoms with E-state index in [1.54, 1.807) is 6.07 Å². The van der Waals surface area contributed by atoms with Crippen molar-refractivity contribution in [2.45, 2.75) is 91.0 Å². The van der Waals surface area contributed by atoms with Crippen molar-refractivity contribution in [3.8, 4) is 11.5 Å². The van der Waals surface area contributed by atoms with Crippen LogP contribution in [0.1, 0.15) is 94.1 Å². The lowest BCUT2D eigenvalue weighted by Gasteiger charge is -2.32. The predicted octanol–water partition coefficient (Wildman–Crippen LogP) is 6.15. The fourth-order valence-electron chi connectivity index (χ4n) is 5.03. The molecule has 1 aliphatic heterocycles. The first-order valence-electron chi connectivity index (χ1n) is 12.4. The summed E-state index contributed by atoms with van der Waals surface area (Å²) in [4.78, 5) is 13.3. The Kier molecular flexibility index (Phi) is 8.47. The van der Waals surface area contributed by atoms with Crippen molar-refractivity contribution < 1.29 is 29.2 Å². The molecule has 0 amide bonds. The topological polar surface area (TPSA) is 85.2 Å². The van der Waals surface area contributed by atoms with Crippen LogP contribution in [0.5, 0.6) is 11.5 Å². The second kappa shape index (κ2) is 11.0. The second-order valence-corrected chi connectivity index (χ2v) is 10.2. The summed E-state index contributed by atoms with van der Waals surface area (Å²) in [7, 11) is 0. The average molecular weight is 473 g/mol. The highest BCUT2D eigenvalue weighted by atomic mass is 16.7. The van der Waals surface area contributed by atoms with Crippen LogP contribution in [-0.4, -0.2) is 41.3 Å². The number of ether oxygens (including phenoxy) is 3. The Bertz CT molecular complexity index is 945. The summed E-state index contributed by atoms with van der Waals surface area (Å²) in [6, 6.07) is 1.63. The van der Waals surface area contributed by atoms with Crippen LogP contribution in [0.4, 0.5) is 0 Å². The second-order valence-electron chi connectivity index (χ2n) is 10.2. The molecule has 188 valence electrons. The summed E-state index contributed by atoms with van der Waals surface area (Å²) >= 11 is 0. The highest BCUT2D eigenvalue weighted by Crippen LogP contribution is 2.48. The number of carbonyl (C=O) groups is 1. The maximum Gasteiger partial charge on any atom is 0.342 e. The molecule has 0 aromatic heterocycles. The Morgan fingerprint density at radius 1 is 1.29 bits per heavy atom. The van der Waals surface area contributed by atoms with Crippen molar-refractivity contribution in [3.63, 3.8) is 0 Å². The molecule has 1 aromatic carbocycles. The molecule has 1 heterocycles. The van der Waals surface area contributed by atoms with Crippen molar-refractivity contribution >= 4 is 5.97 Å². The Balaban J connectivity index is 1.97. The van der Waals surface area contributed by atoms with Crippen LogP contribution in [-0.2, 0) is 20.6 Å². The molecule has 0 spiro atoms. The Hall–Kier alpha value is -2.31. The lowest BCUT2D eigenvalue weighted by Crippen LogP contribution is -2.25. The summed E-state index contributed by atoms with van der Waals surface area (Å²) in [5.41, 5.74) is 3.30.